The van der Waals surface area contributed by atoms with Crippen molar-refractivity contribution in [2.75, 3.05) is 30.2 Å². The zero-order valence-corrected chi connectivity index (χ0v) is 27.4. The maximum absolute atomic E-state index is 12.6. The summed E-state index contributed by atoms with van der Waals surface area (Å²) in [5, 5.41) is 27.3. The third-order valence-electron chi connectivity index (χ3n) is 6.17. The molecule has 3 rings (SSSR count). The second kappa shape index (κ2) is 20.4. The lowest BCUT2D eigenvalue weighted by molar-refractivity contribution is -0.192. The van der Waals surface area contributed by atoms with Crippen LogP contribution in [0.4, 0.5) is 35.0 Å². The van der Waals surface area contributed by atoms with E-state index in [9.17, 15) is 37.5 Å². The van der Waals surface area contributed by atoms with Gasteiger partial charge in [-0.1, -0.05) is 38.1 Å². The lowest BCUT2D eigenvalue weighted by Gasteiger charge is -2.19. The van der Waals surface area contributed by atoms with Crippen molar-refractivity contribution in [3.05, 3.63) is 77.9 Å². The molecule has 49 heavy (non-hydrogen) atoms. The van der Waals surface area contributed by atoms with Crippen LogP contribution in [0, 0.1) is 6.92 Å². The number of carbonyl (C=O) groups is 5. The number of halogens is 3. The Hall–Kier alpha value is -5.80. The van der Waals surface area contributed by atoms with E-state index in [-0.39, 0.29) is 19.3 Å². The van der Waals surface area contributed by atoms with E-state index in [4.69, 9.17) is 19.4 Å². The maximum atomic E-state index is 12.6. The van der Waals surface area contributed by atoms with Crippen molar-refractivity contribution in [1.29, 1.82) is 0 Å². The molecule has 16 heteroatoms. The monoisotopic (exact) mass is 692 g/mol. The van der Waals surface area contributed by atoms with E-state index in [2.05, 4.69) is 21.3 Å². The van der Waals surface area contributed by atoms with Gasteiger partial charge in [0.2, 0.25) is 11.8 Å². The third-order valence-corrected chi connectivity index (χ3v) is 6.17. The molecule has 0 aromatic heterocycles. The summed E-state index contributed by atoms with van der Waals surface area (Å²) in [5.41, 5.74) is 3.18. The average molecular weight is 693 g/mol. The number of para-hydroxylation sites is 1. The highest BCUT2D eigenvalue weighted by atomic mass is 19.4. The van der Waals surface area contributed by atoms with Crippen molar-refractivity contribution < 1.29 is 56.8 Å². The molecule has 0 radical (unpaired) electrons. The van der Waals surface area contributed by atoms with Gasteiger partial charge in [0, 0.05) is 29.9 Å². The molecular formula is C33H39F3N4O9. The van der Waals surface area contributed by atoms with Gasteiger partial charge in [0.1, 0.15) is 0 Å². The smallest absolute Gasteiger partial charge is 0.490 e. The Labute approximate surface area is 280 Å². The first-order valence-electron chi connectivity index (χ1n) is 14.7. The zero-order valence-electron chi connectivity index (χ0n) is 27.4. The minimum Gasteiger partial charge on any atom is -0.493 e. The van der Waals surface area contributed by atoms with Crippen molar-refractivity contribution in [1.82, 2.24) is 5.32 Å². The van der Waals surface area contributed by atoms with E-state index in [1.807, 2.05) is 39.0 Å². The van der Waals surface area contributed by atoms with Gasteiger partial charge in [0.25, 0.3) is 0 Å². The highest BCUT2D eigenvalue weighted by molar-refractivity contribution is 6.00. The van der Waals surface area contributed by atoms with Crippen molar-refractivity contribution in [3.8, 4) is 11.5 Å². The number of carbonyl (C=O) groups excluding carboxylic acids is 3. The number of carboxylic acid groups (broad SMARTS) is 2. The van der Waals surface area contributed by atoms with Crippen LogP contribution in [0.5, 0.6) is 11.5 Å². The molecule has 0 bridgehead atoms. The van der Waals surface area contributed by atoms with Gasteiger partial charge in [-0.05, 0) is 60.5 Å². The van der Waals surface area contributed by atoms with Gasteiger partial charge in [-0.2, -0.15) is 13.2 Å². The van der Waals surface area contributed by atoms with Gasteiger partial charge in [-0.15, -0.1) is 0 Å². The molecule has 0 aliphatic rings. The molecule has 0 saturated carbocycles. The van der Waals surface area contributed by atoms with Crippen LogP contribution in [-0.2, 0) is 19.2 Å². The lowest BCUT2D eigenvalue weighted by Crippen LogP contribution is -2.30. The molecule has 6 N–H and O–H groups in total. The van der Waals surface area contributed by atoms with Gasteiger partial charge in [0.05, 0.1) is 26.7 Å². The van der Waals surface area contributed by atoms with Crippen molar-refractivity contribution in [3.63, 3.8) is 0 Å². The molecule has 266 valence electrons. The van der Waals surface area contributed by atoms with Crippen molar-refractivity contribution >= 4 is 46.8 Å². The summed E-state index contributed by atoms with van der Waals surface area (Å²) < 4.78 is 42.2. The third kappa shape index (κ3) is 15.1. The first-order valence-corrected chi connectivity index (χ1v) is 14.7. The minimum atomic E-state index is -5.08. The fourth-order valence-corrected chi connectivity index (χ4v) is 3.85. The first-order chi connectivity index (χ1) is 23.1. The molecule has 0 saturated heterocycles. The van der Waals surface area contributed by atoms with Gasteiger partial charge < -0.3 is 41.0 Å². The van der Waals surface area contributed by atoms with E-state index >= 15 is 0 Å². The molecule has 0 heterocycles. The summed E-state index contributed by atoms with van der Waals surface area (Å²) in [5.74, 6) is -3.85. The SMILES string of the molecule is CC.COc1ccc(C(CC(=O)O)NC(=O)CCC(=O)Nc2ccc(NC(=O)Nc3ccccc3C)cc2)cc1OC.O=C(O)C(F)(F)F. The second-order valence-electron chi connectivity index (χ2n) is 9.65. The lowest BCUT2D eigenvalue weighted by atomic mass is 10.0. The van der Waals surface area contributed by atoms with E-state index in [0.29, 0.717) is 34.1 Å². The van der Waals surface area contributed by atoms with Gasteiger partial charge in [0.15, 0.2) is 11.5 Å². The number of carboxylic acids is 2. The predicted molar refractivity (Wildman–Crippen MR) is 176 cm³/mol. The van der Waals surface area contributed by atoms with E-state index in [0.717, 1.165) is 5.56 Å². The molecule has 0 aliphatic carbocycles. The first kappa shape index (κ1) is 41.2. The zero-order chi connectivity index (χ0) is 37.1. The van der Waals surface area contributed by atoms with E-state index in [1.54, 1.807) is 48.5 Å². The van der Waals surface area contributed by atoms with Gasteiger partial charge in [-0.25, -0.2) is 9.59 Å². The van der Waals surface area contributed by atoms with Crippen LogP contribution >= 0.6 is 0 Å². The highest BCUT2D eigenvalue weighted by Crippen LogP contribution is 2.31. The Bertz CT molecular complexity index is 1570. The van der Waals surface area contributed by atoms with Crippen LogP contribution < -0.4 is 30.7 Å². The molecule has 3 aromatic carbocycles. The quantitative estimate of drug-likeness (QED) is 0.125. The molecule has 0 fully saturated rings. The number of nitrogens with one attached hydrogen (secondary N) is 4. The number of amides is 4. The van der Waals surface area contributed by atoms with Crippen LogP contribution in [-0.4, -0.2) is 60.4 Å². The number of hydrogen-bond donors (Lipinski definition) is 6. The number of methoxy groups -OCH3 is 2. The number of alkyl halides is 3. The fourth-order valence-electron chi connectivity index (χ4n) is 3.85. The number of hydrogen-bond acceptors (Lipinski definition) is 7. The molecule has 4 amide bonds. The number of benzene rings is 3. The highest BCUT2D eigenvalue weighted by Gasteiger charge is 2.38. The Morgan fingerprint density at radius 1 is 0.755 bits per heavy atom. The summed E-state index contributed by atoms with van der Waals surface area (Å²) in [7, 11) is 2.94. The van der Waals surface area contributed by atoms with E-state index in [1.165, 1.54) is 14.2 Å². The number of anilines is 3. The summed E-state index contributed by atoms with van der Waals surface area (Å²) in [4.78, 5) is 57.5. The fraction of sp³-hybridized carbons (Fsp3) is 0.303. The topological polar surface area (TPSA) is 192 Å². The number of rotatable bonds is 12. The predicted octanol–water partition coefficient (Wildman–Crippen LogP) is 6.37. The summed E-state index contributed by atoms with van der Waals surface area (Å²) in [6.07, 6.45) is -5.69. The largest absolute Gasteiger partial charge is 0.493 e. The molecule has 1 atom stereocenters. The molecular weight excluding hydrogens is 653 g/mol. The maximum Gasteiger partial charge on any atom is 0.490 e. The van der Waals surface area contributed by atoms with Crippen molar-refractivity contribution in [2.24, 2.45) is 0 Å². The summed E-state index contributed by atoms with van der Waals surface area (Å²) >= 11 is 0. The summed E-state index contributed by atoms with van der Waals surface area (Å²) in [6, 6.07) is 17.6. The van der Waals surface area contributed by atoms with E-state index < -0.39 is 42.0 Å². The number of aryl methyl sites for hydroxylation is 1. The Kier molecular flexibility index (Phi) is 17.2. The van der Waals surface area contributed by atoms with Crippen LogP contribution in [0.2, 0.25) is 0 Å². The minimum absolute atomic E-state index is 0.115. The van der Waals surface area contributed by atoms with Gasteiger partial charge >= 0.3 is 24.1 Å². The molecule has 0 aliphatic heterocycles. The normalized spacial score (nSPS) is 10.8. The van der Waals surface area contributed by atoms with Crippen molar-refractivity contribution in [2.45, 2.75) is 52.3 Å². The molecule has 1 unspecified atom stereocenters. The molecule has 0 spiro atoms. The van der Waals surface area contributed by atoms with Crippen LogP contribution in [0.1, 0.15) is 50.3 Å². The standard InChI is InChI=1S/C29H32N4O7.C2HF3O2.C2H6/c1-18-6-4-5-7-22(18)33-29(38)31-21-11-9-20(10-12-21)30-26(34)14-15-27(35)32-23(17-28(36)37)19-8-13-24(39-2)25(16-19)40-3;3-2(4,5)1(6)7;1-2/h4-13,16,23H,14-15,17H2,1-3H3,(H,30,34)(H,32,35)(H,36,37)(H2,31,33,38);(H,6,7);1-2H3. The number of aliphatic carboxylic acids is 2. The summed E-state index contributed by atoms with van der Waals surface area (Å²) in [6.45, 7) is 5.89. The second-order valence-corrected chi connectivity index (χ2v) is 9.65. The van der Waals surface area contributed by atoms with Crippen LogP contribution in [0.25, 0.3) is 0 Å². The molecule has 3 aromatic rings. The Morgan fingerprint density at radius 2 is 1.29 bits per heavy atom. The van der Waals surface area contributed by atoms with Gasteiger partial charge in [-0.3, -0.25) is 14.4 Å². The Balaban J connectivity index is 0.00000118. The van der Waals surface area contributed by atoms with Crippen LogP contribution in [0.15, 0.2) is 66.7 Å². The molecule has 13 nitrogen and oxygen atoms in total. The number of urea groups is 1. The van der Waals surface area contributed by atoms with Crippen LogP contribution in [0.3, 0.4) is 0 Å². The number of ether oxygens (including phenoxy) is 2. The Morgan fingerprint density at radius 3 is 1.80 bits per heavy atom. The average Bonchev–Trinajstić information content (AvgIpc) is 3.05.